The van der Waals surface area contributed by atoms with E-state index < -0.39 is 17.8 Å². The fraction of sp³-hybridized carbons (Fsp3) is 0.154. The van der Waals surface area contributed by atoms with E-state index >= 15 is 0 Å². The molecule has 0 aliphatic heterocycles. The number of aryl methyl sites for hydroxylation is 1. The molecule has 0 bridgehead atoms. The molecule has 0 spiro atoms. The van der Waals surface area contributed by atoms with Gasteiger partial charge >= 0.3 is 6.03 Å². The number of hydrogen-bond donors (Lipinski definition) is 3. The lowest BCUT2D eigenvalue weighted by Crippen LogP contribution is -2.21. The van der Waals surface area contributed by atoms with E-state index in [0.29, 0.717) is 5.82 Å². The van der Waals surface area contributed by atoms with Crippen molar-refractivity contribution in [1.82, 2.24) is 14.8 Å². The predicted molar refractivity (Wildman–Crippen MR) is 134 cm³/mol. The first-order valence-electron chi connectivity index (χ1n) is 11.2. The maximum Gasteiger partial charge on any atom is 0.324 e. The highest BCUT2D eigenvalue weighted by Gasteiger charge is 2.16. The van der Waals surface area contributed by atoms with E-state index in [1.54, 1.807) is 10.7 Å². The highest BCUT2D eigenvalue weighted by molar-refractivity contribution is 5.99. The van der Waals surface area contributed by atoms with Gasteiger partial charge in [0.1, 0.15) is 17.3 Å². The second kappa shape index (κ2) is 10.3. The molecule has 2 aromatic heterocycles. The first-order chi connectivity index (χ1) is 17.2. The number of rotatable bonds is 7. The van der Waals surface area contributed by atoms with Crippen LogP contribution < -0.4 is 21.1 Å². The monoisotopic (exact) mass is 488 g/mol. The van der Waals surface area contributed by atoms with E-state index in [4.69, 9.17) is 10.5 Å². The molecule has 36 heavy (non-hydrogen) atoms. The minimum atomic E-state index is -0.726. The second-order valence-corrected chi connectivity index (χ2v) is 8.43. The molecule has 0 aliphatic rings. The van der Waals surface area contributed by atoms with E-state index in [-0.39, 0.29) is 28.8 Å². The van der Waals surface area contributed by atoms with Crippen molar-refractivity contribution < 1.29 is 18.7 Å². The summed E-state index contributed by atoms with van der Waals surface area (Å²) in [7, 11) is 0. The Hall–Kier alpha value is -4.73. The van der Waals surface area contributed by atoms with E-state index in [0.717, 1.165) is 23.0 Å². The SMILES string of the molecule is Cc1cccc(-n2nc(C(C)C)cc2NC(=O)Nc2ccc(Oc3ccnc(C(N)=O)c3)c(F)c2)c1. The molecular weight excluding hydrogens is 463 g/mol. The number of benzene rings is 2. The zero-order valence-electron chi connectivity index (χ0n) is 19.9. The van der Waals surface area contributed by atoms with Crippen LogP contribution in [-0.4, -0.2) is 26.7 Å². The summed E-state index contributed by atoms with van der Waals surface area (Å²) in [6.07, 6.45) is 1.33. The number of nitrogens with two attached hydrogens (primary N) is 1. The van der Waals surface area contributed by atoms with Crippen molar-refractivity contribution in [3.05, 3.63) is 89.6 Å². The summed E-state index contributed by atoms with van der Waals surface area (Å²) in [5, 5.41) is 10.0. The number of hydrogen-bond acceptors (Lipinski definition) is 5. The standard InChI is InChI=1S/C26H25FN6O3/c1-15(2)21-14-24(33(32-21)18-6-4-5-16(3)11-18)31-26(35)30-17-7-8-23(20(27)12-17)36-19-9-10-29-22(13-19)25(28)34/h4-15H,1-3H3,(H2,28,34)(H2,30,31,35). The molecule has 4 N–H and O–H groups in total. The molecule has 184 valence electrons. The zero-order chi connectivity index (χ0) is 25.8. The van der Waals surface area contributed by atoms with Crippen LogP contribution in [-0.2, 0) is 0 Å². The van der Waals surface area contributed by atoms with E-state index in [1.807, 2.05) is 45.0 Å². The summed E-state index contributed by atoms with van der Waals surface area (Å²) in [5.41, 5.74) is 8.10. The minimum Gasteiger partial charge on any atom is -0.454 e. The second-order valence-electron chi connectivity index (χ2n) is 8.43. The van der Waals surface area contributed by atoms with Gasteiger partial charge in [-0.3, -0.25) is 15.1 Å². The average molecular weight is 489 g/mol. The van der Waals surface area contributed by atoms with Gasteiger partial charge in [0.05, 0.1) is 11.4 Å². The molecule has 0 saturated carbocycles. The normalized spacial score (nSPS) is 10.8. The van der Waals surface area contributed by atoms with Gasteiger partial charge in [-0.05, 0) is 48.7 Å². The Morgan fingerprint density at radius 1 is 1.06 bits per heavy atom. The molecule has 0 saturated heterocycles. The molecular formula is C26H25FN6O3. The lowest BCUT2D eigenvalue weighted by atomic mass is 10.1. The van der Waals surface area contributed by atoms with Crippen molar-refractivity contribution in [2.75, 3.05) is 10.6 Å². The van der Waals surface area contributed by atoms with E-state index in [1.165, 1.54) is 30.5 Å². The number of anilines is 2. The molecule has 0 radical (unpaired) electrons. The summed E-state index contributed by atoms with van der Waals surface area (Å²) >= 11 is 0. The fourth-order valence-electron chi connectivity index (χ4n) is 3.40. The van der Waals surface area contributed by atoms with Crippen molar-refractivity contribution in [1.29, 1.82) is 0 Å². The third-order valence-electron chi connectivity index (χ3n) is 5.21. The van der Waals surface area contributed by atoms with Crippen molar-refractivity contribution in [2.45, 2.75) is 26.7 Å². The first kappa shape index (κ1) is 24.4. The van der Waals surface area contributed by atoms with Crippen LogP contribution in [0.25, 0.3) is 5.69 Å². The number of primary amides is 1. The summed E-state index contributed by atoms with van der Waals surface area (Å²) in [5.74, 6) is -0.706. The Morgan fingerprint density at radius 3 is 2.56 bits per heavy atom. The van der Waals surface area contributed by atoms with Crippen LogP contribution in [0.1, 0.15) is 41.5 Å². The van der Waals surface area contributed by atoms with Crippen molar-refractivity contribution in [3.63, 3.8) is 0 Å². The Labute approximate surface area is 207 Å². The minimum absolute atomic E-state index is 0.00612. The maximum atomic E-state index is 14.7. The summed E-state index contributed by atoms with van der Waals surface area (Å²) in [4.78, 5) is 27.8. The molecule has 0 atom stereocenters. The quantitative estimate of drug-likeness (QED) is 0.322. The van der Waals surface area contributed by atoms with Gasteiger partial charge in [-0.25, -0.2) is 13.9 Å². The van der Waals surface area contributed by atoms with Crippen LogP contribution in [0.15, 0.2) is 66.9 Å². The number of urea groups is 1. The van der Waals surface area contributed by atoms with Crippen LogP contribution in [0.4, 0.5) is 20.7 Å². The van der Waals surface area contributed by atoms with Crippen LogP contribution in [0, 0.1) is 12.7 Å². The van der Waals surface area contributed by atoms with Crippen LogP contribution >= 0.6 is 0 Å². The first-order valence-corrected chi connectivity index (χ1v) is 11.2. The van der Waals surface area contributed by atoms with E-state index in [2.05, 4.69) is 20.7 Å². The number of halogens is 1. The van der Waals surface area contributed by atoms with Crippen LogP contribution in [0.5, 0.6) is 11.5 Å². The largest absolute Gasteiger partial charge is 0.454 e. The predicted octanol–water partition coefficient (Wildman–Crippen LogP) is 5.37. The summed E-state index contributed by atoms with van der Waals surface area (Å²) in [6, 6.07) is 15.8. The van der Waals surface area contributed by atoms with Gasteiger partial charge in [0, 0.05) is 30.1 Å². The summed E-state index contributed by atoms with van der Waals surface area (Å²) < 4.78 is 21.8. The number of nitrogens with zero attached hydrogens (tertiary/aromatic N) is 3. The van der Waals surface area contributed by atoms with Gasteiger partial charge in [0.25, 0.3) is 5.91 Å². The number of pyridine rings is 1. The average Bonchev–Trinajstić information content (AvgIpc) is 3.25. The fourth-order valence-corrected chi connectivity index (χ4v) is 3.40. The number of ether oxygens (including phenoxy) is 1. The Kier molecular flexibility index (Phi) is 6.95. The Balaban J connectivity index is 1.49. The number of carbonyl (C=O) groups excluding carboxylic acids is 2. The molecule has 2 aromatic carbocycles. The third kappa shape index (κ3) is 5.66. The Bertz CT molecular complexity index is 1430. The highest BCUT2D eigenvalue weighted by atomic mass is 19.1. The number of aromatic nitrogens is 3. The molecule has 2 heterocycles. The number of nitrogens with one attached hydrogen (secondary N) is 2. The maximum absolute atomic E-state index is 14.7. The molecule has 4 rings (SSSR count). The zero-order valence-corrected chi connectivity index (χ0v) is 19.9. The highest BCUT2D eigenvalue weighted by Crippen LogP contribution is 2.27. The molecule has 9 nitrogen and oxygen atoms in total. The molecule has 10 heteroatoms. The van der Waals surface area contributed by atoms with Crippen LogP contribution in [0.3, 0.4) is 0 Å². The Morgan fingerprint density at radius 2 is 1.86 bits per heavy atom. The van der Waals surface area contributed by atoms with Crippen molar-refractivity contribution >= 4 is 23.4 Å². The number of amides is 3. The summed E-state index contributed by atoms with van der Waals surface area (Å²) in [6.45, 7) is 6.00. The topological polar surface area (TPSA) is 124 Å². The smallest absolute Gasteiger partial charge is 0.324 e. The molecule has 0 unspecified atom stereocenters. The molecule has 4 aromatic rings. The van der Waals surface area contributed by atoms with Gasteiger partial charge in [-0.2, -0.15) is 5.10 Å². The lowest BCUT2D eigenvalue weighted by molar-refractivity contribution is 0.0995. The van der Waals surface area contributed by atoms with Gasteiger partial charge < -0.3 is 15.8 Å². The van der Waals surface area contributed by atoms with Crippen molar-refractivity contribution in [3.8, 4) is 17.2 Å². The van der Waals surface area contributed by atoms with Crippen LogP contribution in [0.2, 0.25) is 0 Å². The van der Waals surface area contributed by atoms with Gasteiger partial charge in [0.2, 0.25) is 0 Å². The van der Waals surface area contributed by atoms with Gasteiger partial charge in [0.15, 0.2) is 11.6 Å². The number of carbonyl (C=O) groups is 2. The van der Waals surface area contributed by atoms with Crippen molar-refractivity contribution in [2.24, 2.45) is 5.73 Å². The molecule has 3 amide bonds. The molecule has 0 fully saturated rings. The van der Waals surface area contributed by atoms with Gasteiger partial charge in [-0.1, -0.05) is 26.0 Å². The lowest BCUT2D eigenvalue weighted by Gasteiger charge is -2.12. The molecule has 0 aliphatic carbocycles. The third-order valence-corrected chi connectivity index (χ3v) is 5.21. The van der Waals surface area contributed by atoms with E-state index in [9.17, 15) is 14.0 Å². The van der Waals surface area contributed by atoms with Gasteiger partial charge in [-0.15, -0.1) is 0 Å².